The number of hydrogen-bond donors (Lipinski definition) is 4. The molecule has 172 valence electrons. The van der Waals surface area contributed by atoms with E-state index in [4.69, 9.17) is 21.9 Å². The fourth-order valence-electron chi connectivity index (χ4n) is 2.55. The number of hydrazine groups is 1. The molecule has 0 saturated heterocycles. The van der Waals surface area contributed by atoms with E-state index >= 15 is 0 Å². The Bertz CT molecular complexity index is 1250. The minimum Gasteiger partial charge on any atom is -0.475 e. The van der Waals surface area contributed by atoms with Gasteiger partial charge < -0.3 is 21.9 Å². The van der Waals surface area contributed by atoms with Crippen molar-refractivity contribution in [2.24, 2.45) is 10.2 Å². The molecular weight excluding hydrogens is 444 g/mol. The number of anilines is 3. The molecule has 0 spiro atoms. The maximum atomic E-state index is 11.9. The van der Waals surface area contributed by atoms with Crippen LogP contribution in [0.4, 0.5) is 28.7 Å². The molecule has 1 aromatic heterocycles. The van der Waals surface area contributed by atoms with Gasteiger partial charge in [-0.25, -0.2) is 13.4 Å². The van der Waals surface area contributed by atoms with Gasteiger partial charge in [0.25, 0.3) is 10.0 Å². The van der Waals surface area contributed by atoms with Crippen LogP contribution in [0, 0.1) is 0 Å². The lowest BCUT2D eigenvalue weighted by Crippen LogP contribution is -2.37. The number of nitrogens with one attached hydrogen (secondary N) is 1. The molecule has 0 fully saturated rings. The Labute approximate surface area is 191 Å². The van der Waals surface area contributed by atoms with Gasteiger partial charge in [-0.1, -0.05) is 18.2 Å². The average molecular weight is 469 g/mol. The van der Waals surface area contributed by atoms with Gasteiger partial charge in [0.05, 0.1) is 16.8 Å². The van der Waals surface area contributed by atoms with Gasteiger partial charge in [-0.2, -0.15) is 5.11 Å². The van der Waals surface area contributed by atoms with Crippen molar-refractivity contribution in [3.8, 4) is 0 Å². The van der Waals surface area contributed by atoms with Crippen molar-refractivity contribution in [2.45, 2.75) is 11.8 Å². The first kappa shape index (κ1) is 23.5. The van der Waals surface area contributed by atoms with Gasteiger partial charge in [0.15, 0.2) is 12.5 Å². The maximum absolute atomic E-state index is 11.9. The number of hydrogen-bond acceptors (Lipinski definition) is 10. The molecule has 0 bridgehead atoms. The van der Waals surface area contributed by atoms with E-state index in [9.17, 15) is 8.42 Å². The zero-order valence-electron chi connectivity index (χ0n) is 17.8. The number of sulfonamides is 1. The van der Waals surface area contributed by atoms with Gasteiger partial charge in [0.2, 0.25) is 0 Å². The third-order valence-corrected chi connectivity index (χ3v) is 5.52. The maximum Gasteiger partial charge on any atom is 0.257 e. The largest absolute Gasteiger partial charge is 0.475 e. The van der Waals surface area contributed by atoms with Gasteiger partial charge in [0.1, 0.15) is 17.3 Å². The molecule has 2 heterocycles. The number of aromatic nitrogens is 1. The van der Waals surface area contributed by atoms with Crippen LogP contribution in [0.3, 0.4) is 0 Å². The van der Waals surface area contributed by atoms with E-state index in [0.29, 0.717) is 23.0 Å². The van der Waals surface area contributed by atoms with Crippen molar-refractivity contribution in [1.29, 1.82) is 0 Å². The van der Waals surface area contributed by atoms with Gasteiger partial charge in [0, 0.05) is 5.69 Å². The van der Waals surface area contributed by atoms with Crippen LogP contribution in [-0.4, -0.2) is 25.1 Å². The van der Waals surface area contributed by atoms with Crippen LogP contribution in [0.5, 0.6) is 0 Å². The molecule has 0 saturated carbocycles. The van der Waals surface area contributed by atoms with E-state index < -0.39 is 10.0 Å². The number of azo groups is 1. The summed E-state index contributed by atoms with van der Waals surface area (Å²) in [6, 6.07) is 18.7. The number of benzene rings is 2. The van der Waals surface area contributed by atoms with Crippen LogP contribution < -0.4 is 22.0 Å². The molecular formula is C21H24N8O3S. The van der Waals surface area contributed by atoms with Crippen LogP contribution in [0.2, 0.25) is 0 Å². The summed E-state index contributed by atoms with van der Waals surface area (Å²) in [4.78, 5) is 6.43. The molecule has 11 nitrogen and oxygen atoms in total. The summed E-state index contributed by atoms with van der Waals surface area (Å²) in [5.74, 6) is 1.31. The van der Waals surface area contributed by atoms with E-state index in [0.717, 1.165) is 5.69 Å². The van der Waals surface area contributed by atoms with E-state index in [1.54, 1.807) is 25.3 Å². The van der Waals surface area contributed by atoms with Crippen LogP contribution in [-0.2, 0) is 14.8 Å². The van der Waals surface area contributed by atoms with Crippen molar-refractivity contribution in [2.75, 3.05) is 23.9 Å². The first-order valence-corrected chi connectivity index (χ1v) is 11.2. The molecule has 7 N–H and O–H groups in total. The van der Waals surface area contributed by atoms with Crippen LogP contribution >= 0.6 is 0 Å². The zero-order chi connectivity index (χ0) is 23.8. The molecule has 0 aliphatic carbocycles. The normalized spacial score (nSPS) is 13.2. The second-order valence-electron chi connectivity index (χ2n) is 6.82. The summed E-state index contributed by atoms with van der Waals surface area (Å²) in [5, 5.41) is 9.39. The Balaban J connectivity index is 0.000000186. The lowest BCUT2D eigenvalue weighted by atomic mass is 10.3. The molecule has 0 unspecified atom stereocenters. The Morgan fingerprint density at radius 1 is 0.970 bits per heavy atom. The molecule has 0 radical (unpaired) electrons. The monoisotopic (exact) mass is 468 g/mol. The fraction of sp³-hybridized carbons (Fsp3) is 0.0952. The van der Waals surface area contributed by atoms with Crippen molar-refractivity contribution < 1.29 is 13.2 Å². The third-order valence-electron chi connectivity index (χ3n) is 4.15. The fourth-order valence-corrected chi connectivity index (χ4v) is 3.56. The topological polar surface area (TPSA) is 174 Å². The number of nitrogen functional groups attached to an aromatic ring is 3. The summed E-state index contributed by atoms with van der Waals surface area (Å²) in [6.07, 6.45) is 1.58. The minimum absolute atomic E-state index is 0.157. The SMILES string of the molecule is CC1=CN(NS(=O)(=O)c2ccc(N)cc2)CO1.Nc1ccc(N=Nc2ccccc2)c(N)n1. The van der Waals surface area contributed by atoms with Crippen LogP contribution in [0.15, 0.2) is 93.8 Å². The minimum atomic E-state index is -3.59. The third kappa shape index (κ3) is 6.92. The predicted octanol–water partition coefficient (Wildman–Crippen LogP) is 3.27. The summed E-state index contributed by atoms with van der Waals surface area (Å²) >= 11 is 0. The molecule has 1 aliphatic heterocycles. The molecule has 0 amide bonds. The highest BCUT2D eigenvalue weighted by atomic mass is 32.2. The first-order chi connectivity index (χ1) is 15.7. The molecule has 3 aromatic rings. The molecule has 0 atom stereocenters. The molecule has 4 rings (SSSR count). The van der Waals surface area contributed by atoms with E-state index in [2.05, 4.69) is 20.0 Å². The smallest absolute Gasteiger partial charge is 0.257 e. The number of allylic oxidation sites excluding steroid dienone is 1. The molecule has 33 heavy (non-hydrogen) atoms. The number of pyridine rings is 1. The predicted molar refractivity (Wildman–Crippen MR) is 126 cm³/mol. The Morgan fingerprint density at radius 2 is 1.67 bits per heavy atom. The van der Waals surface area contributed by atoms with Crippen molar-refractivity contribution in [1.82, 2.24) is 14.8 Å². The Morgan fingerprint density at radius 3 is 2.27 bits per heavy atom. The summed E-state index contributed by atoms with van der Waals surface area (Å²) < 4.78 is 29.0. The first-order valence-electron chi connectivity index (χ1n) is 9.67. The number of nitrogens with two attached hydrogens (primary N) is 3. The highest BCUT2D eigenvalue weighted by Crippen LogP contribution is 2.23. The highest BCUT2D eigenvalue weighted by Gasteiger charge is 2.19. The summed E-state index contributed by atoms with van der Waals surface area (Å²) in [5.41, 5.74) is 18.4. The Hall–Kier alpha value is -4.16. The van der Waals surface area contributed by atoms with Crippen molar-refractivity contribution in [3.05, 3.63) is 78.7 Å². The van der Waals surface area contributed by atoms with Gasteiger partial charge >= 0.3 is 0 Å². The molecule has 1 aliphatic rings. The summed E-state index contributed by atoms with van der Waals surface area (Å²) in [7, 11) is -3.59. The van der Waals surface area contributed by atoms with Gasteiger partial charge in [-0.3, -0.25) is 5.01 Å². The Kier molecular flexibility index (Phi) is 7.43. The lowest BCUT2D eigenvalue weighted by molar-refractivity contribution is 0.140. The van der Waals surface area contributed by atoms with Crippen molar-refractivity contribution in [3.63, 3.8) is 0 Å². The quantitative estimate of drug-likeness (QED) is 0.326. The molecule has 12 heteroatoms. The lowest BCUT2D eigenvalue weighted by Gasteiger charge is -2.15. The van der Waals surface area contributed by atoms with Gasteiger partial charge in [-0.15, -0.1) is 9.95 Å². The summed E-state index contributed by atoms with van der Waals surface area (Å²) in [6.45, 7) is 1.91. The van der Waals surface area contributed by atoms with Crippen LogP contribution in [0.25, 0.3) is 0 Å². The average Bonchev–Trinajstić information content (AvgIpc) is 3.18. The van der Waals surface area contributed by atoms with Crippen LogP contribution in [0.1, 0.15) is 6.92 Å². The standard InChI is InChI=1S/C11H11N5.C10H13N3O3S/c12-10-7-6-9(11(13)14-10)16-15-8-4-2-1-3-5-8;1-8-6-13(7-16-8)12-17(14,15)10-4-2-9(11)3-5-10/h1-7H,(H4,12,13,14);2-6,12H,7,11H2,1H3. The van der Waals surface area contributed by atoms with E-state index in [1.807, 2.05) is 30.3 Å². The van der Waals surface area contributed by atoms with E-state index in [1.165, 1.54) is 29.3 Å². The number of rotatable bonds is 5. The second-order valence-corrected chi connectivity index (χ2v) is 8.48. The molecule has 2 aromatic carbocycles. The van der Waals surface area contributed by atoms with E-state index in [-0.39, 0.29) is 17.4 Å². The zero-order valence-corrected chi connectivity index (χ0v) is 18.6. The van der Waals surface area contributed by atoms with Crippen molar-refractivity contribution >= 4 is 38.7 Å². The number of nitrogens with zero attached hydrogens (tertiary/aromatic N) is 4. The second kappa shape index (κ2) is 10.4. The number of ether oxygens (including phenoxy) is 1. The highest BCUT2D eigenvalue weighted by molar-refractivity contribution is 7.89. The van der Waals surface area contributed by atoms with Gasteiger partial charge in [-0.05, 0) is 55.5 Å².